The van der Waals surface area contributed by atoms with Crippen molar-refractivity contribution in [3.8, 4) is 11.8 Å². The van der Waals surface area contributed by atoms with Gasteiger partial charge in [-0.05, 0) is 36.3 Å². The van der Waals surface area contributed by atoms with E-state index in [1.54, 1.807) is 36.4 Å². The van der Waals surface area contributed by atoms with E-state index in [1.165, 1.54) is 14.1 Å². The molecule has 2 rings (SSSR count). The molecular formula is C24H24N2O5. The number of amides is 2. The molecule has 7 heteroatoms. The Hall–Kier alpha value is -3.92. The molecule has 2 amide bonds. The highest BCUT2D eigenvalue weighted by molar-refractivity contribution is 6.07. The predicted molar refractivity (Wildman–Crippen MR) is 117 cm³/mol. The zero-order valence-corrected chi connectivity index (χ0v) is 17.6. The van der Waals surface area contributed by atoms with Crippen molar-refractivity contribution in [3.63, 3.8) is 0 Å². The Morgan fingerprint density at radius 2 is 1.97 bits per heavy atom. The van der Waals surface area contributed by atoms with Gasteiger partial charge in [0, 0.05) is 31.1 Å². The Morgan fingerprint density at radius 3 is 2.52 bits per heavy atom. The van der Waals surface area contributed by atoms with Gasteiger partial charge in [-0.15, -0.1) is 0 Å². The largest absolute Gasteiger partial charge is 0.467 e. The minimum absolute atomic E-state index is 0.0689. The third-order valence-electron chi connectivity index (χ3n) is 4.67. The SMILES string of the molecule is CNC(=O)C(C(=O)OC)N(C)C(=O)c1ccc(/C=C/C#CC2=CCC(C=O)C=C2)cc1. The molecule has 0 saturated carbocycles. The molecular weight excluding hydrogens is 396 g/mol. The lowest BCUT2D eigenvalue weighted by atomic mass is 9.98. The second-order valence-corrected chi connectivity index (χ2v) is 6.73. The minimum atomic E-state index is -1.37. The van der Waals surface area contributed by atoms with E-state index in [0.29, 0.717) is 12.0 Å². The zero-order valence-electron chi connectivity index (χ0n) is 17.6. The lowest BCUT2D eigenvalue weighted by Gasteiger charge is -2.24. The van der Waals surface area contributed by atoms with Crippen molar-refractivity contribution in [1.29, 1.82) is 0 Å². The first kappa shape index (κ1) is 23.4. The van der Waals surface area contributed by atoms with Crippen LogP contribution in [0.15, 0.2) is 54.1 Å². The molecule has 0 spiro atoms. The van der Waals surface area contributed by atoms with Crippen LogP contribution in [-0.4, -0.2) is 56.2 Å². The topological polar surface area (TPSA) is 92.8 Å². The summed E-state index contributed by atoms with van der Waals surface area (Å²) in [6.07, 6.45) is 10.7. The summed E-state index contributed by atoms with van der Waals surface area (Å²) in [6, 6.07) is 5.32. The molecule has 2 atom stereocenters. The maximum atomic E-state index is 12.7. The van der Waals surface area contributed by atoms with Crippen molar-refractivity contribution in [2.24, 2.45) is 5.92 Å². The van der Waals surface area contributed by atoms with Crippen molar-refractivity contribution in [3.05, 3.63) is 65.3 Å². The molecule has 0 saturated heterocycles. The number of benzene rings is 1. The van der Waals surface area contributed by atoms with Crippen LogP contribution in [0.4, 0.5) is 0 Å². The Balaban J connectivity index is 2.04. The summed E-state index contributed by atoms with van der Waals surface area (Å²) in [5, 5.41) is 2.35. The van der Waals surface area contributed by atoms with Crippen LogP contribution in [0.2, 0.25) is 0 Å². The molecule has 1 aliphatic rings. The number of nitrogens with zero attached hydrogens (tertiary/aromatic N) is 1. The van der Waals surface area contributed by atoms with Gasteiger partial charge in [0.15, 0.2) is 0 Å². The molecule has 0 aromatic heterocycles. The number of aldehydes is 1. The Labute approximate surface area is 181 Å². The third-order valence-corrected chi connectivity index (χ3v) is 4.67. The average Bonchev–Trinajstić information content (AvgIpc) is 2.81. The van der Waals surface area contributed by atoms with Crippen molar-refractivity contribution in [2.45, 2.75) is 12.5 Å². The first-order chi connectivity index (χ1) is 14.9. The highest BCUT2D eigenvalue weighted by atomic mass is 16.5. The number of ether oxygens (including phenoxy) is 1. The van der Waals surface area contributed by atoms with Gasteiger partial charge >= 0.3 is 5.97 Å². The molecule has 1 aromatic carbocycles. The van der Waals surface area contributed by atoms with Crippen LogP contribution in [-0.2, 0) is 19.1 Å². The van der Waals surface area contributed by atoms with E-state index in [1.807, 2.05) is 18.2 Å². The quantitative estimate of drug-likeness (QED) is 0.328. The smallest absolute Gasteiger partial charge is 0.338 e. The molecule has 31 heavy (non-hydrogen) atoms. The molecule has 7 nitrogen and oxygen atoms in total. The Bertz CT molecular complexity index is 977. The average molecular weight is 420 g/mol. The molecule has 0 aliphatic heterocycles. The summed E-state index contributed by atoms with van der Waals surface area (Å²) in [6.45, 7) is 0. The van der Waals surface area contributed by atoms with Crippen LogP contribution < -0.4 is 5.32 Å². The van der Waals surface area contributed by atoms with Crippen molar-refractivity contribution in [1.82, 2.24) is 10.2 Å². The van der Waals surface area contributed by atoms with Gasteiger partial charge in [-0.1, -0.05) is 42.2 Å². The van der Waals surface area contributed by atoms with Gasteiger partial charge in [0.1, 0.15) is 6.29 Å². The number of methoxy groups -OCH3 is 1. The lowest BCUT2D eigenvalue weighted by molar-refractivity contribution is -0.150. The molecule has 1 aromatic rings. The van der Waals surface area contributed by atoms with E-state index < -0.39 is 23.8 Å². The molecule has 0 radical (unpaired) electrons. The maximum Gasteiger partial charge on any atom is 0.338 e. The monoisotopic (exact) mass is 420 g/mol. The standard InChI is InChI=1S/C24H24N2O5/c1-25-22(28)21(24(30)31-3)26(2)23(29)20-14-12-18(13-15-20)7-5-4-6-17-8-10-19(16-27)11-9-17/h5,7-10,12-16,19,21H,11H2,1-3H3,(H,25,28)/b7-5+. The van der Waals surface area contributed by atoms with Crippen LogP contribution in [0.1, 0.15) is 22.3 Å². The van der Waals surface area contributed by atoms with Crippen LogP contribution in [0.3, 0.4) is 0 Å². The fraction of sp³-hybridized carbons (Fsp3) is 0.250. The van der Waals surface area contributed by atoms with Gasteiger partial charge in [-0.25, -0.2) is 4.79 Å². The number of likely N-dealkylation sites (N-methyl/N-ethyl adjacent to an activating group) is 2. The maximum absolute atomic E-state index is 12.7. The Morgan fingerprint density at radius 1 is 1.26 bits per heavy atom. The van der Waals surface area contributed by atoms with Gasteiger partial charge in [0.2, 0.25) is 6.04 Å². The van der Waals surface area contributed by atoms with Crippen LogP contribution >= 0.6 is 0 Å². The fourth-order valence-corrected chi connectivity index (χ4v) is 2.84. The summed E-state index contributed by atoms with van der Waals surface area (Å²) in [7, 11) is 3.90. The number of hydrogen-bond donors (Lipinski definition) is 1. The number of carbonyl (C=O) groups is 4. The molecule has 0 heterocycles. The van der Waals surface area contributed by atoms with E-state index in [0.717, 1.165) is 29.4 Å². The molecule has 0 bridgehead atoms. The number of nitrogens with one attached hydrogen (secondary N) is 1. The number of allylic oxidation sites excluding steroid dienone is 5. The first-order valence-corrected chi connectivity index (χ1v) is 9.59. The third kappa shape index (κ3) is 6.28. The Kier molecular flexibility index (Phi) is 8.52. The van der Waals surface area contributed by atoms with Gasteiger partial charge < -0.3 is 19.7 Å². The van der Waals surface area contributed by atoms with Crippen molar-refractivity contribution >= 4 is 30.1 Å². The second-order valence-electron chi connectivity index (χ2n) is 6.73. The molecule has 0 fully saturated rings. The number of hydrogen-bond acceptors (Lipinski definition) is 5. The summed E-state index contributed by atoms with van der Waals surface area (Å²) >= 11 is 0. The number of carbonyl (C=O) groups excluding carboxylic acids is 4. The summed E-state index contributed by atoms with van der Waals surface area (Å²) < 4.78 is 4.63. The van der Waals surface area contributed by atoms with Gasteiger partial charge in [-0.3, -0.25) is 9.59 Å². The summed E-state index contributed by atoms with van der Waals surface area (Å²) in [5.74, 6) is 3.93. The number of rotatable bonds is 6. The van der Waals surface area contributed by atoms with E-state index >= 15 is 0 Å². The lowest BCUT2D eigenvalue weighted by Crippen LogP contribution is -2.51. The molecule has 2 unspecified atom stereocenters. The first-order valence-electron chi connectivity index (χ1n) is 9.59. The highest BCUT2D eigenvalue weighted by Crippen LogP contribution is 2.14. The van der Waals surface area contributed by atoms with Crippen LogP contribution in [0, 0.1) is 17.8 Å². The summed E-state index contributed by atoms with van der Waals surface area (Å²) in [5.41, 5.74) is 2.02. The van der Waals surface area contributed by atoms with E-state index in [-0.39, 0.29) is 5.92 Å². The van der Waals surface area contributed by atoms with E-state index in [4.69, 9.17) is 0 Å². The summed E-state index contributed by atoms with van der Waals surface area (Å²) in [4.78, 5) is 48.3. The second kappa shape index (κ2) is 11.3. The van der Waals surface area contributed by atoms with Gasteiger partial charge in [0.25, 0.3) is 11.8 Å². The highest BCUT2D eigenvalue weighted by Gasteiger charge is 2.34. The van der Waals surface area contributed by atoms with Crippen molar-refractivity contribution < 1.29 is 23.9 Å². The van der Waals surface area contributed by atoms with Crippen LogP contribution in [0.5, 0.6) is 0 Å². The predicted octanol–water partition coefficient (Wildman–Crippen LogP) is 1.76. The van der Waals surface area contributed by atoms with E-state index in [9.17, 15) is 19.2 Å². The minimum Gasteiger partial charge on any atom is -0.467 e. The number of esters is 1. The zero-order chi connectivity index (χ0) is 22.8. The van der Waals surface area contributed by atoms with Crippen LogP contribution in [0.25, 0.3) is 6.08 Å². The van der Waals surface area contributed by atoms with E-state index in [2.05, 4.69) is 21.9 Å². The fourth-order valence-electron chi connectivity index (χ4n) is 2.84. The molecule has 1 aliphatic carbocycles. The molecule has 160 valence electrons. The van der Waals surface area contributed by atoms with Gasteiger partial charge in [-0.2, -0.15) is 0 Å². The molecule has 1 N–H and O–H groups in total. The van der Waals surface area contributed by atoms with Crippen molar-refractivity contribution in [2.75, 3.05) is 21.2 Å². The normalized spacial score (nSPS) is 15.8. The van der Waals surface area contributed by atoms with Gasteiger partial charge in [0.05, 0.1) is 7.11 Å².